The first kappa shape index (κ1) is 21.5. The lowest BCUT2D eigenvalue weighted by molar-refractivity contribution is -0.114. The van der Waals surface area contributed by atoms with Gasteiger partial charge in [-0.25, -0.2) is 12.8 Å². The molecule has 0 fully saturated rings. The highest BCUT2D eigenvalue weighted by molar-refractivity contribution is 7.92. The second-order valence-electron chi connectivity index (χ2n) is 7.08. The monoisotopic (exact) mass is 426 g/mol. The largest absolute Gasteiger partial charge is 0.326 e. The van der Waals surface area contributed by atoms with Crippen LogP contribution in [0.1, 0.15) is 23.6 Å². The smallest absolute Gasteiger partial charge is 0.264 e. The van der Waals surface area contributed by atoms with E-state index >= 15 is 0 Å². The average molecular weight is 427 g/mol. The molecule has 0 radical (unpaired) electrons. The Kier molecular flexibility index (Phi) is 6.22. The van der Waals surface area contributed by atoms with Gasteiger partial charge in [-0.05, 0) is 66.9 Å². The van der Waals surface area contributed by atoms with Crippen molar-refractivity contribution in [2.24, 2.45) is 0 Å². The third kappa shape index (κ3) is 4.68. The Labute approximate surface area is 176 Å². The molecule has 0 saturated carbocycles. The van der Waals surface area contributed by atoms with E-state index in [0.717, 1.165) is 11.1 Å². The van der Waals surface area contributed by atoms with E-state index in [-0.39, 0.29) is 23.0 Å². The van der Waals surface area contributed by atoms with Crippen molar-refractivity contribution < 1.29 is 17.6 Å². The Morgan fingerprint density at radius 3 is 2.23 bits per heavy atom. The van der Waals surface area contributed by atoms with Gasteiger partial charge in [0, 0.05) is 12.6 Å². The zero-order chi connectivity index (χ0) is 21.9. The van der Waals surface area contributed by atoms with E-state index < -0.39 is 15.8 Å². The topological polar surface area (TPSA) is 66.5 Å². The van der Waals surface area contributed by atoms with E-state index in [0.29, 0.717) is 11.3 Å². The van der Waals surface area contributed by atoms with Gasteiger partial charge >= 0.3 is 0 Å². The molecule has 0 atom stereocenters. The molecule has 0 aromatic heterocycles. The fraction of sp³-hybridized carbons (Fsp3) is 0.174. The van der Waals surface area contributed by atoms with Gasteiger partial charge in [0.2, 0.25) is 5.91 Å². The molecule has 0 bridgehead atoms. The number of benzene rings is 3. The Hall–Kier alpha value is -3.19. The van der Waals surface area contributed by atoms with Gasteiger partial charge in [0.05, 0.1) is 17.1 Å². The molecular weight excluding hydrogens is 403 g/mol. The van der Waals surface area contributed by atoms with Crippen LogP contribution in [-0.2, 0) is 21.4 Å². The van der Waals surface area contributed by atoms with Crippen LogP contribution in [0, 0.1) is 19.7 Å². The van der Waals surface area contributed by atoms with Crippen molar-refractivity contribution in [1.82, 2.24) is 0 Å². The maximum Gasteiger partial charge on any atom is 0.264 e. The molecule has 0 saturated heterocycles. The first-order valence-corrected chi connectivity index (χ1v) is 10.8. The number of anilines is 2. The van der Waals surface area contributed by atoms with Crippen molar-refractivity contribution in [1.29, 1.82) is 0 Å². The van der Waals surface area contributed by atoms with Crippen LogP contribution in [0.5, 0.6) is 0 Å². The van der Waals surface area contributed by atoms with Crippen LogP contribution in [0.4, 0.5) is 15.8 Å². The van der Waals surface area contributed by atoms with Crippen molar-refractivity contribution >= 4 is 27.3 Å². The third-order valence-electron chi connectivity index (χ3n) is 4.78. The summed E-state index contributed by atoms with van der Waals surface area (Å²) in [5.41, 5.74) is 2.93. The summed E-state index contributed by atoms with van der Waals surface area (Å²) in [6, 6.07) is 17.8. The summed E-state index contributed by atoms with van der Waals surface area (Å²) in [7, 11) is -3.99. The molecule has 1 amide bonds. The van der Waals surface area contributed by atoms with Crippen LogP contribution < -0.4 is 9.62 Å². The van der Waals surface area contributed by atoms with E-state index in [1.807, 2.05) is 31.2 Å². The minimum atomic E-state index is -3.99. The number of carbonyl (C=O) groups is 1. The van der Waals surface area contributed by atoms with E-state index in [1.165, 1.54) is 41.6 Å². The summed E-state index contributed by atoms with van der Waals surface area (Å²) in [4.78, 5) is 11.3. The van der Waals surface area contributed by atoms with Crippen LogP contribution in [0.15, 0.2) is 71.6 Å². The molecule has 30 heavy (non-hydrogen) atoms. The molecular formula is C23H23FN2O3S. The molecule has 0 aliphatic heterocycles. The second kappa shape index (κ2) is 8.67. The number of sulfonamides is 1. The maximum absolute atomic E-state index is 14.3. The van der Waals surface area contributed by atoms with Crippen molar-refractivity contribution in [3.63, 3.8) is 0 Å². The minimum Gasteiger partial charge on any atom is -0.326 e. The number of carbonyl (C=O) groups excluding carboxylic acids is 1. The lowest BCUT2D eigenvalue weighted by Crippen LogP contribution is -2.31. The standard InChI is InChI=1S/C23H23FN2O3S/c1-16-6-4-5-7-19(16)15-26(21-11-8-17(2)23(24)14-21)30(28,29)22-12-9-20(10-13-22)25-18(3)27/h4-14H,15H2,1-3H3,(H,25,27). The van der Waals surface area contributed by atoms with Gasteiger partial charge in [0.1, 0.15) is 5.82 Å². The van der Waals surface area contributed by atoms with Gasteiger partial charge in [-0.15, -0.1) is 0 Å². The molecule has 5 nitrogen and oxygen atoms in total. The van der Waals surface area contributed by atoms with E-state index in [9.17, 15) is 17.6 Å². The first-order chi connectivity index (χ1) is 14.2. The van der Waals surface area contributed by atoms with Crippen LogP contribution >= 0.6 is 0 Å². The summed E-state index contributed by atoms with van der Waals surface area (Å²) in [6.45, 7) is 4.96. The predicted octanol–water partition coefficient (Wildman–Crippen LogP) is 4.80. The fourth-order valence-corrected chi connectivity index (χ4v) is 4.47. The molecule has 0 aliphatic rings. The SMILES string of the molecule is CC(=O)Nc1ccc(S(=O)(=O)N(Cc2ccccc2C)c2ccc(C)c(F)c2)cc1. The summed E-state index contributed by atoms with van der Waals surface area (Å²) >= 11 is 0. The van der Waals surface area contributed by atoms with Gasteiger partial charge < -0.3 is 5.32 Å². The predicted molar refractivity (Wildman–Crippen MR) is 116 cm³/mol. The lowest BCUT2D eigenvalue weighted by atomic mass is 10.1. The van der Waals surface area contributed by atoms with Gasteiger partial charge in [0.15, 0.2) is 0 Å². The maximum atomic E-state index is 14.3. The zero-order valence-electron chi connectivity index (χ0n) is 17.0. The summed E-state index contributed by atoms with van der Waals surface area (Å²) < 4.78 is 42.4. The molecule has 0 unspecified atom stereocenters. The fourth-order valence-electron chi connectivity index (χ4n) is 3.03. The second-order valence-corrected chi connectivity index (χ2v) is 8.94. The van der Waals surface area contributed by atoms with Gasteiger partial charge in [-0.3, -0.25) is 9.10 Å². The molecule has 3 rings (SSSR count). The van der Waals surface area contributed by atoms with Crippen LogP contribution in [-0.4, -0.2) is 14.3 Å². The van der Waals surface area contributed by atoms with E-state index in [4.69, 9.17) is 0 Å². The number of nitrogens with zero attached hydrogens (tertiary/aromatic N) is 1. The summed E-state index contributed by atoms with van der Waals surface area (Å²) in [6.07, 6.45) is 0. The highest BCUT2D eigenvalue weighted by atomic mass is 32.2. The number of amides is 1. The molecule has 0 heterocycles. The Bertz CT molecular complexity index is 1180. The zero-order valence-corrected chi connectivity index (χ0v) is 17.8. The van der Waals surface area contributed by atoms with Gasteiger partial charge in [0.25, 0.3) is 10.0 Å². The number of rotatable bonds is 6. The van der Waals surface area contributed by atoms with Crippen molar-refractivity contribution in [3.05, 3.63) is 89.2 Å². The van der Waals surface area contributed by atoms with Gasteiger partial charge in [-0.2, -0.15) is 0 Å². The summed E-state index contributed by atoms with van der Waals surface area (Å²) in [5, 5.41) is 2.61. The van der Waals surface area contributed by atoms with E-state index in [2.05, 4.69) is 5.32 Å². The molecule has 0 spiro atoms. The molecule has 3 aromatic rings. The Morgan fingerprint density at radius 2 is 1.63 bits per heavy atom. The van der Waals surface area contributed by atoms with Crippen LogP contribution in [0.3, 0.4) is 0 Å². The molecule has 3 aromatic carbocycles. The molecule has 156 valence electrons. The van der Waals surface area contributed by atoms with Crippen molar-refractivity contribution in [3.8, 4) is 0 Å². The van der Waals surface area contributed by atoms with Crippen molar-refractivity contribution in [2.75, 3.05) is 9.62 Å². The third-order valence-corrected chi connectivity index (χ3v) is 6.57. The molecule has 0 aliphatic carbocycles. The van der Waals surface area contributed by atoms with Crippen LogP contribution in [0.2, 0.25) is 0 Å². The van der Waals surface area contributed by atoms with E-state index in [1.54, 1.807) is 19.1 Å². The number of hydrogen-bond acceptors (Lipinski definition) is 3. The number of hydrogen-bond donors (Lipinski definition) is 1. The Balaban J connectivity index is 2.06. The molecule has 7 heteroatoms. The number of aryl methyl sites for hydroxylation is 2. The van der Waals surface area contributed by atoms with Crippen LogP contribution in [0.25, 0.3) is 0 Å². The minimum absolute atomic E-state index is 0.0474. The lowest BCUT2D eigenvalue weighted by Gasteiger charge is -2.26. The first-order valence-electron chi connectivity index (χ1n) is 9.39. The highest BCUT2D eigenvalue weighted by Crippen LogP contribution is 2.29. The quantitative estimate of drug-likeness (QED) is 0.616. The number of nitrogens with one attached hydrogen (secondary N) is 1. The summed E-state index contributed by atoms with van der Waals surface area (Å²) in [5.74, 6) is -0.722. The van der Waals surface area contributed by atoms with Crippen molar-refractivity contribution in [2.45, 2.75) is 32.2 Å². The molecule has 1 N–H and O–H groups in total. The van der Waals surface area contributed by atoms with Gasteiger partial charge in [-0.1, -0.05) is 30.3 Å². The normalized spacial score (nSPS) is 11.2. The highest BCUT2D eigenvalue weighted by Gasteiger charge is 2.26. The Morgan fingerprint density at radius 1 is 0.967 bits per heavy atom. The average Bonchev–Trinajstić information content (AvgIpc) is 2.69. The number of halogens is 1.